The number of rotatable bonds is 5. The van der Waals surface area contributed by atoms with Crippen molar-refractivity contribution < 1.29 is 27.2 Å². The number of nitrogens with one attached hydrogen (secondary N) is 1. The SMILES string of the molecule is COc1ccc(COc2ccccc2C2(Br)NS(=O)(=O)N(F)C2=O)cc1. The summed E-state index contributed by atoms with van der Waals surface area (Å²) in [7, 11) is -3.01. The monoisotopic (exact) mass is 444 g/mol. The highest BCUT2D eigenvalue weighted by molar-refractivity contribution is 9.10. The van der Waals surface area contributed by atoms with E-state index in [-0.39, 0.29) is 17.9 Å². The molecule has 0 aliphatic carbocycles. The van der Waals surface area contributed by atoms with Crippen LogP contribution >= 0.6 is 15.9 Å². The minimum atomic E-state index is -4.57. The maximum absolute atomic E-state index is 13.7. The van der Waals surface area contributed by atoms with Gasteiger partial charge in [0.25, 0.3) is 0 Å². The zero-order valence-corrected chi connectivity index (χ0v) is 15.9. The van der Waals surface area contributed by atoms with Crippen molar-refractivity contribution in [2.45, 2.75) is 11.1 Å². The molecule has 0 saturated carbocycles. The van der Waals surface area contributed by atoms with E-state index in [1.54, 1.807) is 49.6 Å². The van der Waals surface area contributed by atoms with E-state index in [4.69, 9.17) is 9.47 Å². The lowest BCUT2D eigenvalue weighted by molar-refractivity contribution is -0.136. The average molecular weight is 445 g/mol. The van der Waals surface area contributed by atoms with Crippen molar-refractivity contribution in [3.05, 3.63) is 59.7 Å². The molecule has 10 heteroatoms. The number of ether oxygens (including phenoxy) is 2. The number of halogens is 2. The third-order valence-electron chi connectivity index (χ3n) is 3.75. The van der Waals surface area contributed by atoms with E-state index in [2.05, 4.69) is 15.9 Å². The number of methoxy groups -OCH3 is 1. The first-order valence-electron chi connectivity index (χ1n) is 7.36. The van der Waals surface area contributed by atoms with Crippen molar-refractivity contribution in [3.8, 4) is 11.5 Å². The first-order chi connectivity index (χ1) is 12.3. The van der Waals surface area contributed by atoms with Gasteiger partial charge in [0.2, 0.25) is 4.45 Å². The summed E-state index contributed by atoms with van der Waals surface area (Å²) in [5, 5.41) is 0. The molecule has 26 heavy (non-hydrogen) atoms. The van der Waals surface area contributed by atoms with E-state index in [9.17, 15) is 17.7 Å². The standard InChI is InChI=1S/C16H14BrFN2O5S/c1-24-12-8-6-11(7-9-12)10-25-14-5-3-2-4-13(14)16(17)15(21)20(18)26(22,23)19-16/h2-9,19H,10H2,1H3. The minimum Gasteiger partial charge on any atom is -0.497 e. The molecule has 1 heterocycles. The number of nitrogens with zero attached hydrogens (tertiary/aromatic N) is 1. The van der Waals surface area contributed by atoms with Crippen LogP contribution in [-0.2, 0) is 26.1 Å². The third-order valence-corrected chi connectivity index (χ3v) is 6.13. The second kappa shape index (κ2) is 6.86. The highest BCUT2D eigenvalue weighted by Gasteiger charge is 2.57. The number of hydrogen-bond donors (Lipinski definition) is 1. The Labute approximate surface area is 158 Å². The van der Waals surface area contributed by atoms with Gasteiger partial charge in [-0.1, -0.05) is 50.7 Å². The normalized spacial score (nSPS) is 21.7. The summed E-state index contributed by atoms with van der Waals surface area (Å²) in [6.07, 6.45) is 0. The average Bonchev–Trinajstić information content (AvgIpc) is 2.80. The van der Waals surface area contributed by atoms with Crippen LogP contribution in [0.25, 0.3) is 0 Å². The summed E-state index contributed by atoms with van der Waals surface area (Å²) in [6, 6.07) is 13.4. The molecule has 0 radical (unpaired) electrons. The Balaban J connectivity index is 1.88. The van der Waals surface area contributed by atoms with Crippen molar-refractivity contribution >= 4 is 32.0 Å². The van der Waals surface area contributed by atoms with Crippen LogP contribution in [0.1, 0.15) is 11.1 Å². The number of amides is 1. The van der Waals surface area contributed by atoms with Crippen molar-refractivity contribution in [1.82, 2.24) is 9.25 Å². The molecule has 2 aromatic rings. The Morgan fingerprint density at radius 3 is 2.42 bits per heavy atom. The molecule has 1 fully saturated rings. The predicted molar refractivity (Wildman–Crippen MR) is 94.4 cm³/mol. The molecule has 7 nitrogen and oxygen atoms in total. The molecular weight excluding hydrogens is 431 g/mol. The third kappa shape index (κ3) is 3.27. The van der Waals surface area contributed by atoms with Crippen LogP contribution in [0.15, 0.2) is 48.5 Å². The van der Waals surface area contributed by atoms with Crippen LogP contribution in [0.3, 0.4) is 0 Å². The van der Waals surface area contributed by atoms with Gasteiger partial charge in [-0.05, 0) is 28.3 Å². The van der Waals surface area contributed by atoms with Crippen LogP contribution in [0.2, 0.25) is 0 Å². The first kappa shape index (κ1) is 18.6. The molecule has 1 aliphatic heterocycles. The van der Waals surface area contributed by atoms with Crippen LogP contribution in [0.4, 0.5) is 4.48 Å². The van der Waals surface area contributed by atoms with Gasteiger partial charge in [-0.3, -0.25) is 4.79 Å². The zero-order chi connectivity index (χ0) is 18.9. The molecule has 1 saturated heterocycles. The van der Waals surface area contributed by atoms with Crippen LogP contribution in [0.5, 0.6) is 11.5 Å². The maximum atomic E-state index is 13.7. The molecular formula is C16H14BrFN2O5S. The van der Waals surface area contributed by atoms with Crippen LogP contribution in [-0.4, -0.2) is 26.0 Å². The number of carbonyl (C=O) groups excluding carboxylic acids is 1. The molecule has 1 aliphatic rings. The van der Waals surface area contributed by atoms with Gasteiger partial charge in [0, 0.05) is 5.56 Å². The maximum Gasteiger partial charge on any atom is 0.332 e. The van der Waals surface area contributed by atoms with Gasteiger partial charge >= 0.3 is 16.1 Å². The molecule has 1 amide bonds. The molecule has 3 rings (SSSR count). The van der Waals surface area contributed by atoms with Gasteiger partial charge in [-0.15, -0.1) is 0 Å². The number of para-hydroxylation sites is 1. The number of alkyl halides is 1. The summed E-state index contributed by atoms with van der Waals surface area (Å²) in [4.78, 5) is 12.1. The Bertz CT molecular complexity index is 938. The summed E-state index contributed by atoms with van der Waals surface area (Å²) >= 11 is 3.01. The van der Waals surface area contributed by atoms with E-state index in [0.29, 0.717) is 5.75 Å². The van der Waals surface area contributed by atoms with Gasteiger partial charge in [0.15, 0.2) is 0 Å². The van der Waals surface area contributed by atoms with Gasteiger partial charge in [0.1, 0.15) is 18.1 Å². The van der Waals surface area contributed by atoms with E-state index < -0.39 is 25.1 Å². The van der Waals surface area contributed by atoms with Gasteiger partial charge in [-0.25, -0.2) is 0 Å². The lowest BCUT2D eigenvalue weighted by Crippen LogP contribution is -2.37. The van der Waals surface area contributed by atoms with E-state index in [1.165, 1.54) is 6.07 Å². The van der Waals surface area contributed by atoms with E-state index >= 15 is 0 Å². The number of benzene rings is 2. The van der Waals surface area contributed by atoms with Crippen LogP contribution < -0.4 is 14.2 Å². The predicted octanol–water partition coefficient (Wildman–Crippen LogP) is 2.38. The molecule has 0 aromatic heterocycles. The fraction of sp³-hybridized carbons (Fsp3) is 0.188. The fourth-order valence-electron chi connectivity index (χ4n) is 2.42. The topological polar surface area (TPSA) is 84.9 Å². The molecule has 0 spiro atoms. The van der Waals surface area contributed by atoms with Gasteiger partial charge < -0.3 is 9.47 Å². The molecule has 1 N–H and O–H groups in total. The van der Waals surface area contributed by atoms with E-state index in [0.717, 1.165) is 5.56 Å². The quantitative estimate of drug-likeness (QED) is 0.434. The largest absolute Gasteiger partial charge is 0.497 e. The second-order valence-corrected chi connectivity index (χ2v) is 8.08. The Kier molecular flexibility index (Phi) is 4.91. The van der Waals surface area contributed by atoms with Crippen molar-refractivity contribution in [1.29, 1.82) is 0 Å². The molecule has 0 bridgehead atoms. The summed E-state index contributed by atoms with van der Waals surface area (Å²) in [5.41, 5.74) is 0.969. The van der Waals surface area contributed by atoms with Crippen molar-refractivity contribution in [2.24, 2.45) is 0 Å². The molecule has 1 atom stereocenters. The second-order valence-electron chi connectivity index (χ2n) is 5.42. The lowest BCUT2D eigenvalue weighted by Gasteiger charge is -2.21. The molecule has 138 valence electrons. The first-order valence-corrected chi connectivity index (χ1v) is 9.60. The van der Waals surface area contributed by atoms with Crippen molar-refractivity contribution in [3.63, 3.8) is 0 Å². The highest BCUT2D eigenvalue weighted by Crippen LogP contribution is 2.42. The molecule has 2 aromatic carbocycles. The van der Waals surface area contributed by atoms with Gasteiger partial charge in [-0.2, -0.15) is 13.1 Å². The lowest BCUT2D eigenvalue weighted by atomic mass is 10.1. The highest BCUT2D eigenvalue weighted by atomic mass is 79.9. The molecule has 1 unspecified atom stereocenters. The fourth-order valence-corrected chi connectivity index (χ4v) is 4.62. The smallest absolute Gasteiger partial charge is 0.332 e. The summed E-state index contributed by atoms with van der Waals surface area (Å²) in [5.74, 6) is -0.382. The van der Waals surface area contributed by atoms with Gasteiger partial charge in [0.05, 0.1) is 7.11 Å². The Morgan fingerprint density at radius 1 is 1.19 bits per heavy atom. The summed E-state index contributed by atoms with van der Waals surface area (Å²) < 4.78 is 47.0. The van der Waals surface area contributed by atoms with Crippen LogP contribution in [0, 0.1) is 0 Å². The van der Waals surface area contributed by atoms with E-state index in [1.807, 2.05) is 4.72 Å². The van der Waals surface area contributed by atoms with Crippen molar-refractivity contribution in [2.75, 3.05) is 7.11 Å². The minimum absolute atomic E-state index is 0.141. The number of hydrogen-bond acceptors (Lipinski definition) is 5. The Morgan fingerprint density at radius 2 is 1.85 bits per heavy atom. The zero-order valence-electron chi connectivity index (χ0n) is 13.5. The number of carbonyl (C=O) groups is 1. The summed E-state index contributed by atoms with van der Waals surface area (Å²) in [6.45, 7) is 0.157. The Hall–Kier alpha value is -2.17.